The van der Waals surface area contributed by atoms with Gasteiger partial charge in [-0.25, -0.2) is 9.05 Å². The molecule has 72 valence electrons. The van der Waals surface area contributed by atoms with Gasteiger partial charge in [-0.3, -0.25) is 0 Å². The Hall–Kier alpha value is 0.310. The van der Waals surface area contributed by atoms with Gasteiger partial charge < -0.3 is 4.89 Å². The Morgan fingerprint density at radius 2 is 1.33 bits per heavy atom. The highest BCUT2D eigenvalue weighted by molar-refractivity contribution is 7.39. The molecule has 1 rings (SSSR count). The van der Waals surface area contributed by atoms with Crippen molar-refractivity contribution in [3.63, 3.8) is 0 Å². The highest BCUT2D eigenvalue weighted by Crippen LogP contribution is 2.45. The van der Waals surface area contributed by atoms with E-state index in [1.54, 1.807) is 0 Å². The van der Waals surface area contributed by atoms with Crippen molar-refractivity contribution in [3.8, 4) is 0 Å². The Morgan fingerprint density at radius 1 is 1.00 bits per heavy atom. The minimum atomic E-state index is -2.29. The summed E-state index contributed by atoms with van der Waals surface area (Å²) in [4.78, 5) is 11.3. The first-order valence-corrected chi connectivity index (χ1v) is 5.45. The predicted octanol–water partition coefficient (Wildman–Crippen LogP) is 1.69. The fourth-order valence-corrected chi connectivity index (χ4v) is 2.32. The summed E-state index contributed by atoms with van der Waals surface area (Å²) in [5, 5.41) is 0. The maximum absolute atomic E-state index is 11.3. The van der Waals surface area contributed by atoms with Crippen LogP contribution < -0.4 is 4.89 Å². The van der Waals surface area contributed by atoms with Crippen molar-refractivity contribution in [2.24, 2.45) is 0 Å². The highest BCUT2D eigenvalue weighted by atomic mass is 31.2. The lowest BCUT2D eigenvalue weighted by Gasteiger charge is -2.22. The van der Waals surface area contributed by atoms with Gasteiger partial charge >= 0.3 is 0 Å². The van der Waals surface area contributed by atoms with E-state index in [0.717, 1.165) is 12.8 Å². The molecule has 0 N–H and O–H groups in total. The molecule has 4 heteroatoms. The van der Waals surface area contributed by atoms with Crippen molar-refractivity contribution in [1.29, 1.82) is 0 Å². The van der Waals surface area contributed by atoms with Crippen LogP contribution in [0, 0.1) is 0 Å². The maximum Gasteiger partial charge on any atom is 0.226 e. The second-order valence-electron chi connectivity index (χ2n) is 4.47. The van der Waals surface area contributed by atoms with Crippen LogP contribution in [0.25, 0.3) is 0 Å². The third-order valence-electron chi connectivity index (χ3n) is 2.05. The molecule has 0 aromatic carbocycles. The zero-order chi connectivity index (χ0) is 9.41. The van der Waals surface area contributed by atoms with E-state index in [0.29, 0.717) is 0 Å². The normalized spacial score (nSPS) is 29.8. The SMILES string of the molecule is CC1(C)CCC(C)(C)O[PH+]([O-])O1. The first-order chi connectivity index (χ1) is 5.31. The number of hydrogen-bond donors (Lipinski definition) is 0. The van der Waals surface area contributed by atoms with Gasteiger partial charge in [-0.2, -0.15) is 0 Å². The van der Waals surface area contributed by atoms with E-state index < -0.39 is 8.60 Å². The standard InChI is InChI=1S/C8H17O3P/c1-7(2)5-6-8(3,4)11-12(9)10-7/h12H,5-6H2,1-4H3. The summed E-state index contributed by atoms with van der Waals surface area (Å²) in [6.07, 6.45) is 1.77. The molecule has 1 heterocycles. The molecule has 1 aliphatic rings. The van der Waals surface area contributed by atoms with Crippen molar-refractivity contribution < 1.29 is 13.9 Å². The molecule has 0 aromatic heterocycles. The second kappa shape index (κ2) is 3.22. The largest absolute Gasteiger partial charge is 0.633 e. The summed E-state index contributed by atoms with van der Waals surface area (Å²) in [5.74, 6) is 0. The van der Waals surface area contributed by atoms with Crippen molar-refractivity contribution >= 4 is 8.60 Å². The first-order valence-electron chi connectivity index (χ1n) is 4.23. The fourth-order valence-electron chi connectivity index (χ4n) is 1.18. The van der Waals surface area contributed by atoms with E-state index in [9.17, 15) is 4.89 Å². The molecule has 0 aromatic rings. The van der Waals surface area contributed by atoms with Crippen LogP contribution in [0.2, 0.25) is 0 Å². The first kappa shape index (κ1) is 10.4. The Bertz CT molecular complexity index is 150. The predicted molar refractivity (Wildman–Crippen MR) is 47.9 cm³/mol. The van der Waals surface area contributed by atoms with Crippen molar-refractivity contribution in [3.05, 3.63) is 0 Å². The van der Waals surface area contributed by atoms with Gasteiger partial charge in [0.15, 0.2) is 0 Å². The van der Waals surface area contributed by atoms with Crippen LogP contribution in [-0.4, -0.2) is 11.2 Å². The lowest BCUT2D eigenvalue weighted by molar-refractivity contribution is -0.216. The fraction of sp³-hybridized carbons (Fsp3) is 1.00. The van der Waals surface area contributed by atoms with Crippen LogP contribution >= 0.6 is 8.60 Å². The lowest BCUT2D eigenvalue weighted by atomic mass is 9.94. The molecule has 0 unspecified atom stereocenters. The molecule has 0 bridgehead atoms. The van der Waals surface area contributed by atoms with Crippen LogP contribution in [0.4, 0.5) is 0 Å². The van der Waals surface area contributed by atoms with Gasteiger partial charge in [0.05, 0.1) is 0 Å². The minimum Gasteiger partial charge on any atom is -0.633 e. The minimum absolute atomic E-state index is 0.302. The van der Waals surface area contributed by atoms with Crippen LogP contribution in [0.3, 0.4) is 0 Å². The summed E-state index contributed by atoms with van der Waals surface area (Å²) >= 11 is 0. The van der Waals surface area contributed by atoms with E-state index in [-0.39, 0.29) is 11.2 Å². The molecule has 0 radical (unpaired) electrons. The highest BCUT2D eigenvalue weighted by Gasteiger charge is 2.37. The third-order valence-corrected chi connectivity index (χ3v) is 3.49. The Morgan fingerprint density at radius 3 is 1.67 bits per heavy atom. The lowest BCUT2D eigenvalue weighted by Crippen LogP contribution is -2.23. The number of hydrogen-bond acceptors (Lipinski definition) is 3. The van der Waals surface area contributed by atoms with E-state index in [4.69, 9.17) is 9.05 Å². The smallest absolute Gasteiger partial charge is 0.226 e. The molecule has 1 saturated heterocycles. The zero-order valence-corrected chi connectivity index (χ0v) is 9.14. The molecule has 0 aliphatic carbocycles. The second-order valence-corrected chi connectivity index (χ2v) is 5.38. The van der Waals surface area contributed by atoms with Crippen molar-refractivity contribution in [1.82, 2.24) is 0 Å². The third kappa shape index (κ3) is 2.98. The molecular weight excluding hydrogens is 175 g/mol. The van der Waals surface area contributed by atoms with Gasteiger partial charge in [-0.15, -0.1) is 0 Å². The van der Waals surface area contributed by atoms with Gasteiger partial charge in [0.2, 0.25) is 8.60 Å². The van der Waals surface area contributed by atoms with Gasteiger partial charge in [0, 0.05) is 0 Å². The summed E-state index contributed by atoms with van der Waals surface area (Å²) in [6, 6.07) is 0. The van der Waals surface area contributed by atoms with Gasteiger partial charge in [-0.1, -0.05) is 0 Å². The average molecular weight is 192 g/mol. The quantitative estimate of drug-likeness (QED) is 0.548. The van der Waals surface area contributed by atoms with Crippen LogP contribution in [0.1, 0.15) is 40.5 Å². The van der Waals surface area contributed by atoms with E-state index in [1.807, 2.05) is 27.7 Å². The molecule has 0 amide bonds. The Balaban J connectivity index is 2.66. The topological polar surface area (TPSA) is 41.5 Å². The van der Waals surface area contributed by atoms with E-state index in [1.165, 1.54) is 0 Å². The van der Waals surface area contributed by atoms with Crippen molar-refractivity contribution in [2.75, 3.05) is 0 Å². The average Bonchev–Trinajstić information content (AvgIpc) is 1.87. The number of rotatable bonds is 0. The van der Waals surface area contributed by atoms with Gasteiger partial charge in [-0.05, 0) is 40.5 Å². The van der Waals surface area contributed by atoms with Gasteiger partial charge in [0.25, 0.3) is 0 Å². The summed E-state index contributed by atoms with van der Waals surface area (Å²) in [6.45, 7) is 7.78. The summed E-state index contributed by atoms with van der Waals surface area (Å²) in [5.41, 5.74) is -0.604. The molecule has 1 aliphatic heterocycles. The van der Waals surface area contributed by atoms with Crippen LogP contribution in [-0.2, 0) is 9.05 Å². The molecule has 1 fully saturated rings. The Labute approximate surface area is 75.1 Å². The van der Waals surface area contributed by atoms with Crippen molar-refractivity contribution in [2.45, 2.75) is 51.7 Å². The summed E-state index contributed by atoms with van der Waals surface area (Å²) in [7, 11) is -2.29. The molecule has 12 heavy (non-hydrogen) atoms. The van der Waals surface area contributed by atoms with Crippen LogP contribution in [0.5, 0.6) is 0 Å². The monoisotopic (exact) mass is 192 g/mol. The zero-order valence-electron chi connectivity index (χ0n) is 8.14. The molecule has 0 saturated carbocycles. The maximum atomic E-state index is 11.3. The molecule has 3 nitrogen and oxygen atoms in total. The summed E-state index contributed by atoms with van der Waals surface area (Å²) < 4.78 is 10.5. The van der Waals surface area contributed by atoms with Gasteiger partial charge in [0.1, 0.15) is 11.2 Å². The molecule has 0 atom stereocenters. The Kier molecular flexibility index (Phi) is 2.79. The van der Waals surface area contributed by atoms with Crippen LogP contribution in [0.15, 0.2) is 0 Å². The van der Waals surface area contributed by atoms with E-state index >= 15 is 0 Å². The molecule has 0 spiro atoms. The van der Waals surface area contributed by atoms with E-state index in [2.05, 4.69) is 0 Å². The molecular formula is C8H17O3P.